The molecule has 2 aromatic rings. The smallest absolute Gasteiger partial charge is 0.320 e. The predicted octanol–water partition coefficient (Wildman–Crippen LogP) is 2.90. The summed E-state index contributed by atoms with van der Waals surface area (Å²) < 4.78 is 6.30. The Kier molecular flexibility index (Phi) is 3.44. The number of aryl methyl sites for hydroxylation is 1. The lowest BCUT2D eigenvalue weighted by molar-refractivity contribution is 0.475. The Morgan fingerprint density at radius 1 is 1.41 bits per heavy atom. The van der Waals surface area contributed by atoms with Gasteiger partial charge in [0.15, 0.2) is 0 Å². The summed E-state index contributed by atoms with van der Waals surface area (Å²) in [6, 6.07) is 6.01. The van der Waals surface area contributed by atoms with Crippen LogP contribution >= 0.6 is 15.9 Å². The summed E-state index contributed by atoms with van der Waals surface area (Å²) in [7, 11) is 0. The summed E-state index contributed by atoms with van der Waals surface area (Å²) >= 11 is 3.46. The van der Waals surface area contributed by atoms with Gasteiger partial charge in [-0.2, -0.15) is 0 Å². The quantitative estimate of drug-likeness (QED) is 0.911. The normalized spacial score (nSPS) is 12.5. The van der Waals surface area contributed by atoms with Crippen LogP contribution in [0.2, 0.25) is 0 Å². The summed E-state index contributed by atoms with van der Waals surface area (Å²) in [5.41, 5.74) is 7.68. The maximum atomic E-state index is 5.64. The average molecular weight is 297 g/mol. The minimum atomic E-state index is -0.264. The van der Waals surface area contributed by atoms with E-state index in [0.29, 0.717) is 11.9 Å². The molecule has 6 heteroatoms. The van der Waals surface area contributed by atoms with Crippen molar-refractivity contribution in [3.8, 4) is 0 Å². The zero-order valence-corrected chi connectivity index (χ0v) is 11.2. The van der Waals surface area contributed by atoms with E-state index in [2.05, 4.69) is 31.4 Å². The van der Waals surface area contributed by atoms with Crippen molar-refractivity contribution in [1.29, 1.82) is 0 Å². The van der Waals surface area contributed by atoms with E-state index >= 15 is 0 Å². The van der Waals surface area contributed by atoms with Crippen molar-refractivity contribution < 1.29 is 4.42 Å². The van der Waals surface area contributed by atoms with Gasteiger partial charge in [-0.3, -0.25) is 0 Å². The zero-order valence-electron chi connectivity index (χ0n) is 9.57. The van der Waals surface area contributed by atoms with E-state index < -0.39 is 0 Å². The molecule has 0 fully saturated rings. The van der Waals surface area contributed by atoms with Crippen molar-refractivity contribution in [3.63, 3.8) is 0 Å². The van der Waals surface area contributed by atoms with Crippen LogP contribution in [0.4, 0.5) is 11.7 Å². The SMILES string of the molecule is Cc1ccc(Nc2nnc(C(C)N)o2)c(Br)c1. The highest BCUT2D eigenvalue weighted by Gasteiger charge is 2.10. The molecule has 0 bridgehead atoms. The molecule has 1 unspecified atom stereocenters. The topological polar surface area (TPSA) is 77.0 Å². The van der Waals surface area contributed by atoms with E-state index in [1.54, 1.807) is 6.92 Å². The largest absolute Gasteiger partial charge is 0.406 e. The second kappa shape index (κ2) is 4.85. The Morgan fingerprint density at radius 2 is 2.18 bits per heavy atom. The number of nitrogens with one attached hydrogen (secondary N) is 1. The molecule has 0 aliphatic rings. The standard InChI is InChI=1S/C11H13BrN4O/c1-6-3-4-9(8(12)5-6)14-11-16-15-10(17-11)7(2)13/h3-5,7H,13H2,1-2H3,(H,14,16). The second-order valence-corrected chi connectivity index (χ2v) is 4.70. The Morgan fingerprint density at radius 3 is 2.76 bits per heavy atom. The van der Waals surface area contributed by atoms with Gasteiger partial charge in [0.1, 0.15) is 0 Å². The Bertz CT molecular complexity index is 524. The van der Waals surface area contributed by atoms with Gasteiger partial charge in [0.25, 0.3) is 0 Å². The molecule has 0 saturated carbocycles. The number of anilines is 2. The molecule has 0 radical (unpaired) electrons. The van der Waals surface area contributed by atoms with Crippen LogP contribution in [-0.2, 0) is 0 Å². The van der Waals surface area contributed by atoms with Crippen LogP contribution in [0.25, 0.3) is 0 Å². The van der Waals surface area contributed by atoms with Crippen LogP contribution in [-0.4, -0.2) is 10.2 Å². The van der Waals surface area contributed by atoms with Gasteiger partial charge < -0.3 is 15.5 Å². The Hall–Kier alpha value is -1.40. The molecule has 90 valence electrons. The van der Waals surface area contributed by atoms with Gasteiger partial charge >= 0.3 is 6.01 Å². The van der Waals surface area contributed by atoms with Crippen molar-refractivity contribution in [1.82, 2.24) is 10.2 Å². The van der Waals surface area contributed by atoms with Crippen LogP contribution in [0.5, 0.6) is 0 Å². The number of hydrogen-bond donors (Lipinski definition) is 2. The summed E-state index contributed by atoms with van der Waals surface area (Å²) in [5, 5.41) is 10.7. The summed E-state index contributed by atoms with van der Waals surface area (Å²) in [6.45, 7) is 3.81. The minimum Gasteiger partial charge on any atom is -0.406 e. The molecule has 0 spiro atoms. The Labute approximate surface area is 108 Å². The highest BCUT2D eigenvalue weighted by Crippen LogP contribution is 2.26. The first-order valence-corrected chi connectivity index (χ1v) is 5.97. The highest BCUT2D eigenvalue weighted by atomic mass is 79.9. The van der Waals surface area contributed by atoms with Gasteiger partial charge in [0, 0.05) is 4.47 Å². The van der Waals surface area contributed by atoms with Crippen LogP contribution in [0.15, 0.2) is 27.1 Å². The van der Waals surface area contributed by atoms with E-state index in [4.69, 9.17) is 10.2 Å². The van der Waals surface area contributed by atoms with Crippen molar-refractivity contribution in [2.45, 2.75) is 19.9 Å². The maximum Gasteiger partial charge on any atom is 0.320 e. The van der Waals surface area contributed by atoms with Gasteiger partial charge in [-0.05, 0) is 47.5 Å². The van der Waals surface area contributed by atoms with Crippen molar-refractivity contribution >= 4 is 27.6 Å². The molecular formula is C11H13BrN4O. The van der Waals surface area contributed by atoms with E-state index in [9.17, 15) is 0 Å². The lowest BCUT2D eigenvalue weighted by Gasteiger charge is -2.04. The van der Waals surface area contributed by atoms with Crippen molar-refractivity contribution in [2.75, 3.05) is 5.32 Å². The maximum absolute atomic E-state index is 5.64. The molecule has 1 heterocycles. The number of nitrogens with zero attached hydrogens (tertiary/aromatic N) is 2. The molecule has 3 N–H and O–H groups in total. The number of rotatable bonds is 3. The molecule has 2 rings (SSSR count). The van der Waals surface area contributed by atoms with Gasteiger partial charge in [0.05, 0.1) is 11.7 Å². The van der Waals surface area contributed by atoms with Crippen molar-refractivity contribution in [2.24, 2.45) is 5.73 Å². The van der Waals surface area contributed by atoms with Crippen molar-refractivity contribution in [3.05, 3.63) is 34.1 Å². The third-order valence-corrected chi connectivity index (χ3v) is 2.85. The molecule has 0 aliphatic heterocycles. The summed E-state index contributed by atoms with van der Waals surface area (Å²) in [4.78, 5) is 0. The minimum absolute atomic E-state index is 0.264. The molecule has 5 nitrogen and oxygen atoms in total. The lowest BCUT2D eigenvalue weighted by atomic mass is 10.2. The van der Waals surface area contributed by atoms with E-state index in [0.717, 1.165) is 10.2 Å². The fourth-order valence-electron chi connectivity index (χ4n) is 1.31. The number of halogens is 1. The molecular weight excluding hydrogens is 284 g/mol. The zero-order chi connectivity index (χ0) is 12.4. The fourth-order valence-corrected chi connectivity index (χ4v) is 1.90. The summed E-state index contributed by atoms with van der Waals surface area (Å²) in [5.74, 6) is 0.413. The first-order valence-electron chi connectivity index (χ1n) is 5.18. The van der Waals surface area contributed by atoms with Crippen LogP contribution < -0.4 is 11.1 Å². The van der Waals surface area contributed by atoms with E-state index in [-0.39, 0.29) is 6.04 Å². The number of benzene rings is 1. The molecule has 1 aromatic carbocycles. The number of aromatic nitrogens is 2. The van der Waals surface area contributed by atoms with Gasteiger partial charge in [-0.15, -0.1) is 5.10 Å². The van der Waals surface area contributed by atoms with Crippen LogP contribution in [0.3, 0.4) is 0 Å². The molecule has 1 atom stereocenters. The number of nitrogens with two attached hydrogens (primary N) is 1. The van der Waals surface area contributed by atoms with Gasteiger partial charge in [-0.25, -0.2) is 0 Å². The van der Waals surface area contributed by atoms with E-state index in [1.807, 2.05) is 25.1 Å². The first-order chi connectivity index (χ1) is 8.06. The molecule has 17 heavy (non-hydrogen) atoms. The number of hydrogen-bond acceptors (Lipinski definition) is 5. The van der Waals surface area contributed by atoms with Crippen LogP contribution in [0, 0.1) is 6.92 Å². The fraction of sp³-hybridized carbons (Fsp3) is 0.273. The predicted molar refractivity (Wildman–Crippen MR) is 69.1 cm³/mol. The van der Waals surface area contributed by atoms with E-state index in [1.165, 1.54) is 5.56 Å². The third kappa shape index (κ3) is 2.83. The Balaban J connectivity index is 2.19. The average Bonchev–Trinajstić information content (AvgIpc) is 2.71. The first kappa shape index (κ1) is 12.1. The molecule has 0 aliphatic carbocycles. The monoisotopic (exact) mass is 296 g/mol. The second-order valence-electron chi connectivity index (χ2n) is 3.84. The lowest BCUT2D eigenvalue weighted by Crippen LogP contribution is -2.04. The molecule has 0 amide bonds. The molecule has 1 aromatic heterocycles. The van der Waals surface area contributed by atoms with Gasteiger partial charge in [0.2, 0.25) is 5.89 Å². The van der Waals surface area contributed by atoms with Gasteiger partial charge in [-0.1, -0.05) is 11.2 Å². The van der Waals surface area contributed by atoms with Crippen LogP contribution in [0.1, 0.15) is 24.4 Å². The summed E-state index contributed by atoms with van der Waals surface area (Å²) in [6.07, 6.45) is 0. The molecule has 0 saturated heterocycles. The third-order valence-electron chi connectivity index (χ3n) is 2.20. The highest BCUT2D eigenvalue weighted by molar-refractivity contribution is 9.10.